The van der Waals surface area contributed by atoms with E-state index < -0.39 is 34.7 Å². The van der Waals surface area contributed by atoms with Crippen LogP contribution in [-0.4, -0.2) is 27.3 Å². The van der Waals surface area contributed by atoms with Crippen molar-refractivity contribution in [3.63, 3.8) is 0 Å². The SMILES string of the molecule is CCc1ccc(Oc2c(C(F)(F)F)oc3cc(OC(=O)/C=C/c4cc(OC)c(OC)c(OC)c4)ccc3c2=O)cc1. The van der Waals surface area contributed by atoms with Crippen LogP contribution in [0.25, 0.3) is 17.0 Å². The van der Waals surface area contributed by atoms with E-state index in [4.69, 9.17) is 28.1 Å². The molecule has 0 N–H and O–H groups in total. The molecule has 0 aliphatic heterocycles. The summed E-state index contributed by atoms with van der Waals surface area (Å²) in [5.74, 6) is -2.44. The predicted molar refractivity (Wildman–Crippen MR) is 144 cm³/mol. The lowest BCUT2D eigenvalue weighted by Crippen LogP contribution is -2.15. The van der Waals surface area contributed by atoms with Crippen molar-refractivity contribution in [2.75, 3.05) is 21.3 Å². The van der Waals surface area contributed by atoms with Crippen molar-refractivity contribution in [2.24, 2.45) is 0 Å². The molecule has 4 aromatic rings. The number of carbonyl (C=O) groups is 1. The van der Waals surface area contributed by atoms with E-state index in [0.29, 0.717) is 22.8 Å². The van der Waals surface area contributed by atoms with Crippen molar-refractivity contribution in [2.45, 2.75) is 19.5 Å². The first-order valence-electron chi connectivity index (χ1n) is 12.2. The fourth-order valence-corrected chi connectivity index (χ4v) is 3.92. The molecule has 0 unspecified atom stereocenters. The number of halogens is 3. The second-order valence-corrected chi connectivity index (χ2v) is 8.56. The molecule has 11 heteroatoms. The van der Waals surface area contributed by atoms with Gasteiger partial charge in [-0.05, 0) is 60.0 Å². The minimum absolute atomic E-state index is 0.0452. The van der Waals surface area contributed by atoms with E-state index in [9.17, 15) is 22.8 Å². The first-order valence-corrected chi connectivity index (χ1v) is 12.2. The molecule has 0 fully saturated rings. The summed E-state index contributed by atoms with van der Waals surface area (Å²) in [6.07, 6.45) is -1.79. The molecule has 0 radical (unpaired) electrons. The van der Waals surface area contributed by atoms with Crippen molar-refractivity contribution in [1.29, 1.82) is 0 Å². The summed E-state index contributed by atoms with van der Waals surface area (Å²) in [4.78, 5) is 25.5. The van der Waals surface area contributed by atoms with Gasteiger partial charge in [0.05, 0.1) is 26.7 Å². The Hall–Kier alpha value is -4.93. The highest BCUT2D eigenvalue weighted by atomic mass is 19.4. The van der Waals surface area contributed by atoms with Gasteiger partial charge in [0.15, 0.2) is 11.5 Å². The average Bonchev–Trinajstić information content (AvgIpc) is 2.96. The minimum Gasteiger partial charge on any atom is -0.493 e. The Kier molecular flexibility index (Phi) is 8.56. The minimum atomic E-state index is -5.04. The quantitative estimate of drug-likeness (QED) is 0.123. The summed E-state index contributed by atoms with van der Waals surface area (Å²) in [5.41, 5.74) is 0.000170. The van der Waals surface area contributed by atoms with Crippen LogP contribution in [0.2, 0.25) is 0 Å². The molecule has 0 saturated heterocycles. The fourth-order valence-electron chi connectivity index (χ4n) is 3.92. The number of fused-ring (bicyclic) bond motifs is 1. The zero-order chi connectivity index (χ0) is 29.7. The number of carbonyl (C=O) groups excluding carboxylic acids is 1. The second-order valence-electron chi connectivity index (χ2n) is 8.56. The Bertz CT molecular complexity index is 1630. The number of benzene rings is 3. The molecule has 0 spiro atoms. The monoisotopic (exact) mass is 570 g/mol. The highest BCUT2D eigenvalue weighted by Crippen LogP contribution is 2.40. The first kappa shape index (κ1) is 29.1. The lowest BCUT2D eigenvalue weighted by atomic mass is 10.1. The van der Waals surface area contributed by atoms with Gasteiger partial charge in [-0.25, -0.2) is 4.79 Å². The maximum absolute atomic E-state index is 13.9. The van der Waals surface area contributed by atoms with E-state index in [1.165, 1.54) is 51.7 Å². The van der Waals surface area contributed by atoms with Crippen LogP contribution in [0.4, 0.5) is 13.2 Å². The molecule has 1 heterocycles. The molecule has 0 aliphatic rings. The molecule has 8 nitrogen and oxygen atoms in total. The lowest BCUT2D eigenvalue weighted by molar-refractivity contribution is -0.154. The summed E-state index contributed by atoms with van der Waals surface area (Å²) >= 11 is 0. The highest BCUT2D eigenvalue weighted by Gasteiger charge is 2.40. The van der Waals surface area contributed by atoms with Gasteiger partial charge in [0.2, 0.25) is 16.9 Å². The van der Waals surface area contributed by atoms with Gasteiger partial charge >= 0.3 is 12.1 Å². The summed E-state index contributed by atoms with van der Waals surface area (Å²) < 4.78 is 73.1. The van der Waals surface area contributed by atoms with Gasteiger partial charge in [0.25, 0.3) is 5.76 Å². The third-order valence-electron chi connectivity index (χ3n) is 5.95. The molecular weight excluding hydrogens is 545 g/mol. The normalized spacial score (nSPS) is 11.5. The molecular formula is C30H25F3O8. The summed E-state index contributed by atoms with van der Waals surface area (Å²) in [6, 6.07) is 13.0. The van der Waals surface area contributed by atoms with Gasteiger partial charge in [-0.2, -0.15) is 13.2 Å². The maximum atomic E-state index is 13.9. The number of hydrogen-bond acceptors (Lipinski definition) is 8. The smallest absolute Gasteiger partial charge is 0.453 e. The third-order valence-corrected chi connectivity index (χ3v) is 5.95. The van der Waals surface area contributed by atoms with Crippen molar-refractivity contribution in [3.05, 3.63) is 87.8 Å². The maximum Gasteiger partial charge on any atom is 0.453 e. The predicted octanol–water partition coefficient (Wildman–Crippen LogP) is 6.81. The molecule has 4 rings (SSSR count). The van der Waals surface area contributed by atoms with Crippen LogP contribution in [0.5, 0.6) is 34.5 Å². The van der Waals surface area contributed by atoms with Crippen LogP contribution in [-0.2, 0) is 17.4 Å². The van der Waals surface area contributed by atoms with Crippen molar-refractivity contribution >= 4 is 23.0 Å². The van der Waals surface area contributed by atoms with E-state index in [0.717, 1.165) is 24.1 Å². The zero-order valence-electron chi connectivity index (χ0n) is 22.5. The molecule has 0 saturated carbocycles. The topological polar surface area (TPSA) is 93.4 Å². The number of alkyl halides is 3. The van der Waals surface area contributed by atoms with Gasteiger partial charge < -0.3 is 28.1 Å². The van der Waals surface area contributed by atoms with Crippen LogP contribution in [0, 0.1) is 0 Å². The Labute approximate surface area is 232 Å². The lowest BCUT2D eigenvalue weighted by Gasteiger charge is -2.14. The van der Waals surface area contributed by atoms with Crippen LogP contribution in [0.15, 0.2) is 69.9 Å². The van der Waals surface area contributed by atoms with E-state index in [-0.39, 0.29) is 16.9 Å². The van der Waals surface area contributed by atoms with Gasteiger partial charge in [-0.15, -0.1) is 0 Å². The van der Waals surface area contributed by atoms with Crippen molar-refractivity contribution < 1.29 is 46.1 Å². The first-order chi connectivity index (χ1) is 19.6. The zero-order valence-corrected chi connectivity index (χ0v) is 22.5. The Balaban J connectivity index is 1.62. The van der Waals surface area contributed by atoms with E-state index in [1.54, 1.807) is 24.3 Å². The fraction of sp³-hybridized carbons (Fsp3) is 0.200. The molecule has 0 amide bonds. The average molecular weight is 571 g/mol. The van der Waals surface area contributed by atoms with Crippen LogP contribution in [0.3, 0.4) is 0 Å². The Morgan fingerprint density at radius 3 is 2.07 bits per heavy atom. The van der Waals surface area contributed by atoms with Gasteiger partial charge in [0.1, 0.15) is 17.1 Å². The van der Waals surface area contributed by atoms with Crippen LogP contribution in [0.1, 0.15) is 23.8 Å². The van der Waals surface area contributed by atoms with E-state index >= 15 is 0 Å². The second kappa shape index (κ2) is 12.1. The third kappa shape index (κ3) is 6.46. The standard InChI is InChI=1S/C30H25F3O8/c1-5-17-6-9-19(10-7-17)40-28-26(35)21-12-11-20(16-22(21)41-29(28)30(31,32)33)39-25(34)13-8-18-14-23(36-2)27(38-4)24(15-18)37-3/h6-16H,5H2,1-4H3/b13-8+. The van der Waals surface area contributed by atoms with Crippen molar-refractivity contribution in [1.82, 2.24) is 0 Å². The van der Waals surface area contributed by atoms with E-state index in [1.807, 2.05) is 6.92 Å². The Morgan fingerprint density at radius 1 is 0.878 bits per heavy atom. The summed E-state index contributed by atoms with van der Waals surface area (Å²) in [6.45, 7) is 1.92. The molecule has 1 aromatic heterocycles. The molecule has 0 bridgehead atoms. The van der Waals surface area contributed by atoms with Gasteiger partial charge in [-0.1, -0.05) is 19.1 Å². The molecule has 3 aromatic carbocycles. The van der Waals surface area contributed by atoms with Crippen molar-refractivity contribution in [3.8, 4) is 34.5 Å². The van der Waals surface area contributed by atoms with E-state index in [2.05, 4.69) is 0 Å². The number of esters is 1. The van der Waals surface area contributed by atoms with Crippen LogP contribution < -0.4 is 29.1 Å². The molecule has 41 heavy (non-hydrogen) atoms. The van der Waals surface area contributed by atoms with Gasteiger partial charge in [-0.3, -0.25) is 4.79 Å². The number of hydrogen-bond donors (Lipinski definition) is 0. The number of aryl methyl sites for hydroxylation is 1. The van der Waals surface area contributed by atoms with Gasteiger partial charge in [0, 0.05) is 12.1 Å². The highest BCUT2D eigenvalue weighted by molar-refractivity contribution is 5.90. The number of methoxy groups -OCH3 is 3. The summed E-state index contributed by atoms with van der Waals surface area (Å²) in [7, 11) is 4.34. The largest absolute Gasteiger partial charge is 0.493 e. The molecule has 0 atom stereocenters. The molecule has 0 aliphatic carbocycles. The summed E-state index contributed by atoms with van der Waals surface area (Å²) in [5, 5.41) is -0.189. The number of rotatable bonds is 9. The number of ether oxygens (including phenoxy) is 5. The molecule has 214 valence electrons. The van der Waals surface area contributed by atoms with Crippen LogP contribution >= 0.6 is 0 Å². The Morgan fingerprint density at radius 2 is 1.51 bits per heavy atom.